The summed E-state index contributed by atoms with van der Waals surface area (Å²) in [6, 6.07) is 0. The molecule has 0 aromatic carbocycles. The number of nitrogens with one attached hydrogen (secondary N) is 1. The van der Waals surface area contributed by atoms with Gasteiger partial charge in [-0.15, -0.1) is 0 Å². The highest BCUT2D eigenvalue weighted by molar-refractivity contribution is 4.79. The Labute approximate surface area is 129 Å². The molecule has 0 aromatic heterocycles. The second-order valence-corrected chi connectivity index (χ2v) is 5.21. The molecule has 1 atom stereocenters. The molecule has 0 bridgehead atoms. The van der Waals surface area contributed by atoms with Gasteiger partial charge in [0.1, 0.15) is 0 Å². The molecule has 0 rings (SSSR count). The SMILES string of the molecule is CCCCOCCOCCOCCOCC(C)(CO)NC. The molecular formula is C15H33NO5. The topological polar surface area (TPSA) is 69.2 Å². The van der Waals surface area contributed by atoms with Crippen LogP contribution >= 0.6 is 0 Å². The average molecular weight is 307 g/mol. The van der Waals surface area contributed by atoms with Gasteiger partial charge in [0.05, 0.1) is 58.4 Å². The van der Waals surface area contributed by atoms with Gasteiger partial charge in [0.25, 0.3) is 0 Å². The van der Waals surface area contributed by atoms with Crippen molar-refractivity contribution in [3.63, 3.8) is 0 Å². The van der Waals surface area contributed by atoms with Crippen LogP contribution in [0.25, 0.3) is 0 Å². The first-order valence-corrected chi connectivity index (χ1v) is 7.79. The van der Waals surface area contributed by atoms with E-state index in [9.17, 15) is 5.11 Å². The molecule has 0 radical (unpaired) electrons. The lowest BCUT2D eigenvalue weighted by molar-refractivity contribution is -0.0138. The fourth-order valence-corrected chi connectivity index (χ4v) is 1.40. The maximum absolute atomic E-state index is 9.18. The monoisotopic (exact) mass is 307 g/mol. The number of aliphatic hydroxyl groups is 1. The van der Waals surface area contributed by atoms with Crippen LogP contribution < -0.4 is 5.32 Å². The summed E-state index contributed by atoms with van der Waals surface area (Å²) >= 11 is 0. The van der Waals surface area contributed by atoms with E-state index in [1.807, 2.05) is 6.92 Å². The first-order chi connectivity index (χ1) is 10.2. The highest BCUT2D eigenvalue weighted by Crippen LogP contribution is 2.01. The third-order valence-corrected chi connectivity index (χ3v) is 3.13. The molecule has 6 nitrogen and oxygen atoms in total. The van der Waals surface area contributed by atoms with E-state index in [2.05, 4.69) is 12.2 Å². The Morgan fingerprint density at radius 2 is 1.33 bits per heavy atom. The molecule has 0 amide bonds. The molecule has 128 valence electrons. The molecule has 0 aliphatic heterocycles. The van der Waals surface area contributed by atoms with Crippen molar-refractivity contribution < 1.29 is 24.1 Å². The van der Waals surface area contributed by atoms with Crippen molar-refractivity contribution in [1.29, 1.82) is 0 Å². The van der Waals surface area contributed by atoms with Crippen molar-refractivity contribution in [2.45, 2.75) is 32.2 Å². The van der Waals surface area contributed by atoms with Crippen LogP contribution in [0.3, 0.4) is 0 Å². The lowest BCUT2D eigenvalue weighted by atomic mass is 10.1. The minimum Gasteiger partial charge on any atom is -0.394 e. The maximum Gasteiger partial charge on any atom is 0.0701 e. The van der Waals surface area contributed by atoms with Crippen molar-refractivity contribution in [1.82, 2.24) is 5.32 Å². The largest absolute Gasteiger partial charge is 0.394 e. The molecule has 0 heterocycles. The number of aliphatic hydroxyl groups excluding tert-OH is 1. The molecule has 0 aliphatic carbocycles. The Hall–Kier alpha value is -0.240. The zero-order chi connectivity index (χ0) is 15.8. The molecule has 0 saturated carbocycles. The average Bonchev–Trinajstić information content (AvgIpc) is 2.51. The summed E-state index contributed by atoms with van der Waals surface area (Å²) < 4.78 is 21.6. The van der Waals surface area contributed by atoms with Gasteiger partial charge in [0, 0.05) is 6.61 Å². The van der Waals surface area contributed by atoms with Crippen LogP contribution in [-0.2, 0) is 18.9 Å². The van der Waals surface area contributed by atoms with E-state index in [1.54, 1.807) is 7.05 Å². The zero-order valence-electron chi connectivity index (χ0n) is 13.9. The lowest BCUT2D eigenvalue weighted by Crippen LogP contribution is -2.47. The van der Waals surface area contributed by atoms with Gasteiger partial charge in [0.15, 0.2) is 0 Å². The summed E-state index contributed by atoms with van der Waals surface area (Å²) in [7, 11) is 1.80. The summed E-state index contributed by atoms with van der Waals surface area (Å²) in [5, 5.41) is 12.2. The summed E-state index contributed by atoms with van der Waals surface area (Å²) in [6.45, 7) is 8.78. The number of rotatable bonds is 16. The van der Waals surface area contributed by atoms with Gasteiger partial charge < -0.3 is 29.4 Å². The van der Waals surface area contributed by atoms with Crippen molar-refractivity contribution in [2.75, 3.05) is 66.5 Å². The fourth-order valence-electron chi connectivity index (χ4n) is 1.40. The summed E-state index contributed by atoms with van der Waals surface area (Å²) in [5.74, 6) is 0. The van der Waals surface area contributed by atoms with E-state index in [1.165, 1.54) is 0 Å². The van der Waals surface area contributed by atoms with Gasteiger partial charge in [-0.2, -0.15) is 0 Å². The van der Waals surface area contributed by atoms with Crippen molar-refractivity contribution >= 4 is 0 Å². The van der Waals surface area contributed by atoms with E-state index < -0.39 is 0 Å². The quantitative estimate of drug-likeness (QED) is 0.412. The number of likely N-dealkylation sites (N-methyl/N-ethyl adjacent to an activating group) is 1. The van der Waals surface area contributed by atoms with E-state index in [4.69, 9.17) is 18.9 Å². The van der Waals surface area contributed by atoms with Gasteiger partial charge in [0.2, 0.25) is 0 Å². The van der Waals surface area contributed by atoms with Crippen molar-refractivity contribution in [3.8, 4) is 0 Å². The number of ether oxygens (including phenoxy) is 4. The van der Waals surface area contributed by atoms with Crippen molar-refractivity contribution in [2.24, 2.45) is 0 Å². The first-order valence-electron chi connectivity index (χ1n) is 7.79. The van der Waals surface area contributed by atoms with Crippen molar-refractivity contribution in [3.05, 3.63) is 0 Å². The van der Waals surface area contributed by atoms with Gasteiger partial charge >= 0.3 is 0 Å². The van der Waals surface area contributed by atoms with Crippen LogP contribution in [0.4, 0.5) is 0 Å². The van der Waals surface area contributed by atoms with Crippen LogP contribution in [0, 0.1) is 0 Å². The number of unbranched alkanes of at least 4 members (excludes halogenated alkanes) is 1. The molecule has 0 aromatic rings. The maximum atomic E-state index is 9.18. The van der Waals surface area contributed by atoms with Crippen LogP contribution in [0.5, 0.6) is 0 Å². The molecule has 0 saturated heterocycles. The van der Waals surface area contributed by atoms with Gasteiger partial charge in [-0.3, -0.25) is 0 Å². The molecule has 2 N–H and O–H groups in total. The van der Waals surface area contributed by atoms with Crippen LogP contribution in [0.2, 0.25) is 0 Å². The highest BCUT2D eigenvalue weighted by atomic mass is 16.6. The molecule has 0 aliphatic rings. The Kier molecular flexibility index (Phi) is 14.5. The Morgan fingerprint density at radius 1 is 0.857 bits per heavy atom. The first kappa shape index (κ1) is 20.8. The molecule has 21 heavy (non-hydrogen) atoms. The van der Waals surface area contributed by atoms with Crippen LogP contribution in [0.15, 0.2) is 0 Å². The summed E-state index contributed by atoms with van der Waals surface area (Å²) in [4.78, 5) is 0. The Bertz CT molecular complexity index is 212. The van der Waals surface area contributed by atoms with Crippen LogP contribution in [0.1, 0.15) is 26.7 Å². The number of hydrogen-bond acceptors (Lipinski definition) is 6. The second-order valence-electron chi connectivity index (χ2n) is 5.21. The predicted octanol–water partition coefficient (Wildman–Crippen LogP) is 0.823. The molecule has 6 heteroatoms. The predicted molar refractivity (Wildman–Crippen MR) is 82.7 cm³/mol. The van der Waals surface area contributed by atoms with Gasteiger partial charge in [-0.25, -0.2) is 0 Å². The summed E-state index contributed by atoms with van der Waals surface area (Å²) in [6.07, 6.45) is 2.26. The van der Waals surface area contributed by atoms with Gasteiger partial charge in [-0.05, 0) is 20.4 Å². The Morgan fingerprint density at radius 3 is 1.76 bits per heavy atom. The zero-order valence-corrected chi connectivity index (χ0v) is 13.9. The van der Waals surface area contributed by atoms with Crippen LogP contribution in [-0.4, -0.2) is 77.2 Å². The molecular weight excluding hydrogens is 274 g/mol. The minimum absolute atomic E-state index is 0.0402. The Balaban J connectivity index is 3.16. The fraction of sp³-hybridized carbons (Fsp3) is 1.00. The standard InChI is InChI=1S/C15H33NO5/c1-4-5-6-18-7-8-19-9-10-20-11-12-21-14-15(2,13-17)16-3/h16-17H,4-14H2,1-3H3. The van der Waals surface area contributed by atoms with E-state index in [0.717, 1.165) is 19.4 Å². The number of hydrogen-bond donors (Lipinski definition) is 2. The van der Waals surface area contributed by atoms with E-state index in [-0.39, 0.29) is 12.1 Å². The molecule has 0 spiro atoms. The second kappa shape index (κ2) is 14.7. The highest BCUT2D eigenvalue weighted by Gasteiger charge is 2.20. The van der Waals surface area contributed by atoms with E-state index >= 15 is 0 Å². The minimum atomic E-state index is -0.388. The lowest BCUT2D eigenvalue weighted by Gasteiger charge is -2.26. The normalized spacial score (nSPS) is 14.3. The third kappa shape index (κ3) is 13.2. The molecule has 0 fully saturated rings. The van der Waals surface area contributed by atoms with E-state index in [0.29, 0.717) is 46.2 Å². The summed E-state index contributed by atoms with van der Waals surface area (Å²) in [5.41, 5.74) is -0.388. The third-order valence-electron chi connectivity index (χ3n) is 3.13. The smallest absolute Gasteiger partial charge is 0.0701 e. The van der Waals surface area contributed by atoms with Gasteiger partial charge in [-0.1, -0.05) is 13.3 Å². The molecule has 1 unspecified atom stereocenters.